The summed E-state index contributed by atoms with van der Waals surface area (Å²) in [6.07, 6.45) is 4.65. The number of nitrogens with zero attached hydrogens (tertiary/aromatic N) is 4. The first-order chi connectivity index (χ1) is 11.6. The van der Waals surface area contributed by atoms with Crippen LogP contribution >= 0.6 is 0 Å². The van der Waals surface area contributed by atoms with Crippen molar-refractivity contribution in [2.75, 3.05) is 27.2 Å². The second kappa shape index (κ2) is 7.63. The van der Waals surface area contributed by atoms with Crippen LogP contribution in [-0.2, 0) is 35.8 Å². The van der Waals surface area contributed by atoms with Crippen molar-refractivity contribution >= 4 is 5.91 Å². The molecule has 0 radical (unpaired) electrons. The lowest BCUT2D eigenvalue weighted by atomic mass is 10.3. The molecular formula is C17H24N4O3. The molecule has 7 heteroatoms. The third-order valence-corrected chi connectivity index (χ3v) is 4.20. The Hall–Kier alpha value is -2.12. The summed E-state index contributed by atoms with van der Waals surface area (Å²) in [5.74, 6) is 0.928. The zero-order valence-electron chi connectivity index (χ0n) is 14.3. The van der Waals surface area contributed by atoms with E-state index in [1.165, 1.54) is 4.90 Å². The van der Waals surface area contributed by atoms with Gasteiger partial charge in [0.15, 0.2) is 0 Å². The number of hydrogen-bond donors (Lipinski definition) is 0. The van der Waals surface area contributed by atoms with E-state index in [-0.39, 0.29) is 12.5 Å². The highest BCUT2D eigenvalue weighted by Gasteiger charge is 2.19. The van der Waals surface area contributed by atoms with Gasteiger partial charge in [0.05, 0.1) is 37.1 Å². The Morgan fingerprint density at radius 1 is 1.42 bits per heavy atom. The number of amides is 1. The van der Waals surface area contributed by atoms with Crippen molar-refractivity contribution in [1.29, 1.82) is 0 Å². The Morgan fingerprint density at radius 2 is 2.29 bits per heavy atom. The van der Waals surface area contributed by atoms with Gasteiger partial charge in [-0.15, -0.1) is 0 Å². The molecule has 0 spiro atoms. The van der Waals surface area contributed by atoms with E-state index in [1.807, 2.05) is 18.5 Å². The van der Waals surface area contributed by atoms with Crippen molar-refractivity contribution in [1.82, 2.24) is 19.4 Å². The number of aryl methyl sites for hydroxylation is 1. The van der Waals surface area contributed by atoms with E-state index >= 15 is 0 Å². The second-order valence-corrected chi connectivity index (χ2v) is 6.26. The van der Waals surface area contributed by atoms with E-state index in [1.54, 1.807) is 20.4 Å². The fraction of sp³-hybridized carbons (Fsp3) is 0.529. The molecule has 0 aliphatic carbocycles. The number of imidazole rings is 1. The predicted octanol–water partition coefficient (Wildman–Crippen LogP) is 1.49. The molecule has 0 fully saturated rings. The third kappa shape index (κ3) is 4.04. The Labute approximate surface area is 141 Å². The number of carbonyl (C=O) groups excluding carboxylic acids is 1. The van der Waals surface area contributed by atoms with Crippen molar-refractivity contribution < 1.29 is 13.9 Å². The third-order valence-electron chi connectivity index (χ3n) is 4.20. The predicted molar refractivity (Wildman–Crippen MR) is 88.0 cm³/mol. The van der Waals surface area contributed by atoms with Crippen LogP contribution in [0.1, 0.15) is 23.6 Å². The molecule has 24 heavy (non-hydrogen) atoms. The highest BCUT2D eigenvalue weighted by Crippen LogP contribution is 2.19. The summed E-state index contributed by atoms with van der Waals surface area (Å²) < 4.78 is 13.2. The minimum absolute atomic E-state index is 0.0419. The Kier molecular flexibility index (Phi) is 5.32. The first kappa shape index (κ1) is 16.7. The molecule has 0 aromatic carbocycles. The first-order valence-electron chi connectivity index (χ1n) is 8.19. The summed E-state index contributed by atoms with van der Waals surface area (Å²) in [5, 5.41) is 0. The molecule has 130 valence electrons. The van der Waals surface area contributed by atoms with E-state index in [2.05, 4.69) is 14.5 Å². The Bertz CT molecular complexity index is 663. The summed E-state index contributed by atoms with van der Waals surface area (Å²) in [7, 11) is 3.45. The van der Waals surface area contributed by atoms with Crippen LogP contribution in [0, 0.1) is 0 Å². The number of hydrogen-bond acceptors (Lipinski definition) is 5. The maximum atomic E-state index is 11.6. The molecule has 2 aromatic heterocycles. The van der Waals surface area contributed by atoms with Gasteiger partial charge in [0.1, 0.15) is 12.4 Å². The number of fused-ring (bicyclic) bond motifs is 1. The van der Waals surface area contributed by atoms with E-state index in [0.29, 0.717) is 6.61 Å². The van der Waals surface area contributed by atoms with Crippen LogP contribution in [0.5, 0.6) is 0 Å². The average Bonchev–Trinajstić information content (AvgIpc) is 3.14. The Balaban J connectivity index is 1.62. The average molecular weight is 332 g/mol. The van der Waals surface area contributed by atoms with Crippen molar-refractivity contribution in [3.8, 4) is 0 Å². The molecular weight excluding hydrogens is 308 g/mol. The van der Waals surface area contributed by atoms with E-state index < -0.39 is 0 Å². The molecule has 3 rings (SSSR count). The van der Waals surface area contributed by atoms with Crippen LogP contribution in [-0.4, -0.2) is 52.5 Å². The fourth-order valence-corrected chi connectivity index (χ4v) is 2.82. The largest absolute Gasteiger partial charge is 0.468 e. The number of ether oxygens (including phenoxy) is 1. The Morgan fingerprint density at radius 3 is 3.04 bits per heavy atom. The molecule has 0 bridgehead atoms. The smallest absolute Gasteiger partial charge is 0.248 e. The number of furan rings is 1. The molecule has 1 aliphatic rings. The summed E-state index contributed by atoms with van der Waals surface area (Å²) in [6.45, 7) is 4.00. The van der Waals surface area contributed by atoms with Crippen LogP contribution < -0.4 is 0 Å². The monoisotopic (exact) mass is 332 g/mol. The van der Waals surface area contributed by atoms with Gasteiger partial charge in [-0.1, -0.05) is 0 Å². The summed E-state index contributed by atoms with van der Waals surface area (Å²) in [5.41, 5.74) is 2.07. The number of rotatable bonds is 6. The zero-order chi connectivity index (χ0) is 16.9. The van der Waals surface area contributed by atoms with Gasteiger partial charge in [0.2, 0.25) is 5.91 Å². The molecule has 2 aromatic rings. The van der Waals surface area contributed by atoms with Crippen LogP contribution in [0.4, 0.5) is 0 Å². The molecule has 0 atom stereocenters. The molecule has 7 nitrogen and oxygen atoms in total. The second-order valence-electron chi connectivity index (χ2n) is 6.26. The summed E-state index contributed by atoms with van der Waals surface area (Å²) in [4.78, 5) is 20.0. The number of carbonyl (C=O) groups is 1. The topological polar surface area (TPSA) is 63.7 Å². The van der Waals surface area contributed by atoms with Crippen LogP contribution in [0.15, 0.2) is 29.1 Å². The lowest BCUT2D eigenvalue weighted by molar-refractivity contribution is -0.134. The van der Waals surface area contributed by atoms with Gasteiger partial charge in [-0.25, -0.2) is 4.98 Å². The lowest BCUT2D eigenvalue weighted by Crippen LogP contribution is -2.26. The summed E-state index contributed by atoms with van der Waals surface area (Å²) >= 11 is 0. The molecule has 1 amide bonds. The molecule has 0 unspecified atom stereocenters. The lowest BCUT2D eigenvalue weighted by Gasteiger charge is -2.18. The van der Waals surface area contributed by atoms with Gasteiger partial charge in [0, 0.05) is 33.7 Å². The zero-order valence-corrected chi connectivity index (χ0v) is 14.3. The summed E-state index contributed by atoms with van der Waals surface area (Å²) in [6, 6.07) is 3.91. The fourth-order valence-electron chi connectivity index (χ4n) is 2.82. The van der Waals surface area contributed by atoms with Crippen molar-refractivity contribution in [2.45, 2.75) is 32.7 Å². The standard InChI is InChI=1S/C17H24N4O3/c1-19(2)17(22)12-23-11-15-16-10-20(9-14-5-3-8-24-14)6-4-7-21(16)13-18-15/h3,5,8,13H,4,6-7,9-12H2,1-2H3. The maximum absolute atomic E-state index is 11.6. The van der Waals surface area contributed by atoms with Crippen molar-refractivity contribution in [3.05, 3.63) is 41.9 Å². The normalized spacial score (nSPS) is 15.1. The molecule has 0 N–H and O–H groups in total. The van der Waals surface area contributed by atoms with E-state index in [9.17, 15) is 4.79 Å². The van der Waals surface area contributed by atoms with Gasteiger partial charge in [-0.3, -0.25) is 9.69 Å². The highest BCUT2D eigenvalue weighted by atomic mass is 16.5. The van der Waals surface area contributed by atoms with Crippen molar-refractivity contribution in [2.24, 2.45) is 0 Å². The SMILES string of the molecule is CN(C)C(=O)COCc1ncn2c1CN(Cc1ccco1)CCC2. The van der Waals surface area contributed by atoms with Gasteiger partial charge in [-0.2, -0.15) is 0 Å². The quantitative estimate of drug-likeness (QED) is 0.802. The van der Waals surface area contributed by atoms with Crippen LogP contribution in [0.2, 0.25) is 0 Å². The van der Waals surface area contributed by atoms with Crippen LogP contribution in [0.25, 0.3) is 0 Å². The number of aromatic nitrogens is 2. The maximum Gasteiger partial charge on any atom is 0.248 e. The minimum atomic E-state index is -0.0419. The first-order valence-corrected chi connectivity index (χ1v) is 8.19. The van der Waals surface area contributed by atoms with Gasteiger partial charge in [-0.05, 0) is 18.6 Å². The highest BCUT2D eigenvalue weighted by molar-refractivity contribution is 5.76. The molecule has 0 saturated carbocycles. The van der Waals surface area contributed by atoms with Crippen molar-refractivity contribution in [3.63, 3.8) is 0 Å². The minimum Gasteiger partial charge on any atom is -0.468 e. The van der Waals surface area contributed by atoms with Crippen LogP contribution in [0.3, 0.4) is 0 Å². The van der Waals surface area contributed by atoms with E-state index in [4.69, 9.17) is 9.15 Å². The molecule has 0 saturated heterocycles. The van der Waals surface area contributed by atoms with Gasteiger partial charge >= 0.3 is 0 Å². The molecule has 1 aliphatic heterocycles. The van der Waals surface area contributed by atoms with E-state index in [0.717, 1.165) is 49.7 Å². The van der Waals surface area contributed by atoms with Gasteiger partial charge in [0.25, 0.3) is 0 Å². The molecule has 3 heterocycles. The number of likely N-dealkylation sites (N-methyl/N-ethyl adjacent to an activating group) is 1. The van der Waals surface area contributed by atoms with Gasteiger partial charge < -0.3 is 18.6 Å².